The van der Waals surface area contributed by atoms with Crippen LogP contribution in [-0.2, 0) is 9.59 Å². The van der Waals surface area contributed by atoms with Gasteiger partial charge >= 0.3 is 5.97 Å². The molecule has 0 aliphatic rings. The molecule has 0 unspecified atom stereocenters. The molecule has 0 saturated heterocycles. The number of carbonyl (C=O) groups is 2. The summed E-state index contributed by atoms with van der Waals surface area (Å²) in [6, 6.07) is 0. The third kappa shape index (κ3) is 3.52. The Labute approximate surface area is 69.7 Å². The van der Waals surface area contributed by atoms with Crippen molar-refractivity contribution in [3.05, 3.63) is 24.8 Å². The first kappa shape index (κ1) is 10.4. The summed E-state index contributed by atoms with van der Waals surface area (Å²) >= 11 is 0. The molecule has 0 aliphatic heterocycles. The number of rotatable bonds is 5. The zero-order valence-corrected chi connectivity index (χ0v) is 6.46. The smallest absolute Gasteiger partial charge is 0.340 e. The van der Waals surface area contributed by atoms with Crippen molar-refractivity contribution in [2.24, 2.45) is 0 Å². The van der Waals surface area contributed by atoms with Gasteiger partial charge < -0.3 is 5.11 Å². The normalized spacial score (nSPS) is 8.67. The summed E-state index contributed by atoms with van der Waals surface area (Å²) in [6.07, 6.45) is 1.52. The van der Waals surface area contributed by atoms with Crippen LogP contribution in [0.4, 0.5) is 0 Å². The predicted octanol–water partition coefficient (Wildman–Crippen LogP) is -0.566. The fourth-order valence-electron chi connectivity index (χ4n) is 0.376. The van der Waals surface area contributed by atoms with E-state index in [2.05, 4.69) is 24.0 Å². The van der Waals surface area contributed by atoms with Crippen LogP contribution in [0.3, 0.4) is 0 Å². The Hall–Kier alpha value is -1.62. The molecule has 0 rings (SSSR count). The molecule has 0 bridgehead atoms. The van der Waals surface area contributed by atoms with Crippen LogP contribution in [0, 0.1) is 0 Å². The van der Waals surface area contributed by atoms with Crippen molar-refractivity contribution in [2.45, 2.75) is 0 Å². The van der Waals surface area contributed by atoms with Gasteiger partial charge in [-0.1, -0.05) is 12.7 Å². The molecule has 0 fully saturated rings. The van der Waals surface area contributed by atoms with Gasteiger partial charge in [-0.15, -0.1) is 6.58 Å². The summed E-state index contributed by atoms with van der Waals surface area (Å²) in [7, 11) is 0. The molecule has 0 heterocycles. The molecule has 0 spiro atoms. The zero-order valence-electron chi connectivity index (χ0n) is 6.46. The van der Waals surface area contributed by atoms with Crippen molar-refractivity contribution in [1.29, 1.82) is 0 Å². The molecule has 1 amide bonds. The Morgan fingerprint density at radius 1 is 1.50 bits per heavy atom. The van der Waals surface area contributed by atoms with Crippen molar-refractivity contribution in [3.8, 4) is 0 Å². The summed E-state index contributed by atoms with van der Waals surface area (Å²) in [5.74, 6) is -2.10. The van der Waals surface area contributed by atoms with Crippen molar-refractivity contribution < 1.29 is 14.7 Å². The van der Waals surface area contributed by atoms with Gasteiger partial charge in [0.2, 0.25) is 0 Å². The molecule has 0 radical (unpaired) electrons. The quantitative estimate of drug-likeness (QED) is 0.129. The van der Waals surface area contributed by atoms with Crippen LogP contribution in [-0.4, -0.2) is 23.5 Å². The summed E-state index contributed by atoms with van der Waals surface area (Å²) in [5, 5.41) is 8.30. The van der Waals surface area contributed by atoms with E-state index in [0.717, 1.165) is 0 Å². The maximum Gasteiger partial charge on any atom is 0.340 e. The SMILES string of the molecule is C=CCNNC(=O)C(=C)C(=O)O. The minimum atomic E-state index is -1.34. The summed E-state index contributed by atoms with van der Waals surface area (Å²) in [5.41, 5.74) is 4.05. The highest BCUT2D eigenvalue weighted by Crippen LogP contribution is 1.87. The highest BCUT2D eigenvalue weighted by molar-refractivity contribution is 6.14. The van der Waals surface area contributed by atoms with Gasteiger partial charge in [0.1, 0.15) is 5.57 Å². The Kier molecular flexibility index (Phi) is 4.40. The maximum absolute atomic E-state index is 10.8. The molecule has 0 aromatic rings. The lowest BCUT2D eigenvalue weighted by Gasteiger charge is -2.03. The molecule has 66 valence electrons. The van der Waals surface area contributed by atoms with Gasteiger partial charge in [-0.25, -0.2) is 10.2 Å². The Bertz CT molecular complexity index is 223. The highest BCUT2D eigenvalue weighted by Gasteiger charge is 2.12. The zero-order chi connectivity index (χ0) is 9.56. The number of aliphatic carboxylic acids is 1. The van der Waals surface area contributed by atoms with Gasteiger partial charge in [-0.2, -0.15) is 0 Å². The van der Waals surface area contributed by atoms with Crippen molar-refractivity contribution >= 4 is 11.9 Å². The molecule has 5 heteroatoms. The van der Waals surface area contributed by atoms with E-state index in [9.17, 15) is 9.59 Å². The number of hydrazine groups is 1. The number of hydrogen-bond acceptors (Lipinski definition) is 3. The van der Waals surface area contributed by atoms with Crippen molar-refractivity contribution in [3.63, 3.8) is 0 Å². The summed E-state index contributed by atoms with van der Waals surface area (Å²) in [6.45, 7) is 6.80. The molecule has 0 saturated carbocycles. The van der Waals surface area contributed by atoms with Crippen LogP contribution in [0.15, 0.2) is 24.8 Å². The molecule has 12 heavy (non-hydrogen) atoms. The van der Waals surface area contributed by atoms with Crippen LogP contribution in [0.1, 0.15) is 0 Å². The number of amides is 1. The van der Waals surface area contributed by atoms with E-state index in [-0.39, 0.29) is 0 Å². The van der Waals surface area contributed by atoms with Gasteiger partial charge in [0.25, 0.3) is 5.91 Å². The first-order valence-electron chi connectivity index (χ1n) is 3.16. The van der Waals surface area contributed by atoms with Gasteiger partial charge in [-0.05, 0) is 0 Å². The summed E-state index contributed by atoms with van der Waals surface area (Å²) in [4.78, 5) is 20.9. The van der Waals surface area contributed by atoms with Crippen LogP contribution < -0.4 is 10.9 Å². The molecule has 5 nitrogen and oxygen atoms in total. The fourth-order valence-corrected chi connectivity index (χ4v) is 0.376. The standard InChI is InChI=1S/C7H10N2O3/c1-3-4-8-9-6(10)5(2)7(11)12/h3,8H,1-2,4H2,(H,9,10)(H,11,12). The van der Waals surface area contributed by atoms with Gasteiger partial charge in [-0.3, -0.25) is 10.2 Å². The van der Waals surface area contributed by atoms with Crippen LogP contribution in [0.25, 0.3) is 0 Å². The van der Waals surface area contributed by atoms with E-state index < -0.39 is 17.4 Å². The Morgan fingerprint density at radius 2 is 2.08 bits per heavy atom. The van der Waals surface area contributed by atoms with Gasteiger partial charge in [0.15, 0.2) is 0 Å². The second-order valence-corrected chi connectivity index (χ2v) is 1.91. The monoisotopic (exact) mass is 170 g/mol. The highest BCUT2D eigenvalue weighted by atomic mass is 16.4. The number of carboxylic acids is 1. The van der Waals surface area contributed by atoms with Crippen LogP contribution >= 0.6 is 0 Å². The first-order valence-corrected chi connectivity index (χ1v) is 3.16. The lowest BCUT2D eigenvalue weighted by molar-refractivity contribution is -0.135. The lowest BCUT2D eigenvalue weighted by Crippen LogP contribution is -2.39. The van der Waals surface area contributed by atoms with E-state index in [1.54, 1.807) is 0 Å². The molecule has 0 atom stereocenters. The fraction of sp³-hybridized carbons (Fsp3) is 0.143. The molecular formula is C7H10N2O3. The topological polar surface area (TPSA) is 78.4 Å². The van der Waals surface area contributed by atoms with Crippen LogP contribution in [0.5, 0.6) is 0 Å². The van der Waals surface area contributed by atoms with E-state index >= 15 is 0 Å². The number of nitrogens with one attached hydrogen (secondary N) is 2. The van der Waals surface area contributed by atoms with Gasteiger partial charge in [0, 0.05) is 6.54 Å². The Morgan fingerprint density at radius 3 is 2.50 bits per heavy atom. The van der Waals surface area contributed by atoms with E-state index in [4.69, 9.17) is 5.11 Å². The van der Waals surface area contributed by atoms with E-state index in [1.807, 2.05) is 0 Å². The third-order valence-electron chi connectivity index (χ3n) is 0.981. The number of carboxylic acid groups (broad SMARTS) is 1. The second-order valence-electron chi connectivity index (χ2n) is 1.91. The predicted molar refractivity (Wildman–Crippen MR) is 43.1 cm³/mol. The average molecular weight is 170 g/mol. The number of carbonyl (C=O) groups excluding carboxylic acids is 1. The average Bonchev–Trinajstić information content (AvgIpc) is 2.03. The molecule has 0 aromatic heterocycles. The minimum Gasteiger partial charge on any atom is -0.478 e. The molecule has 0 aliphatic carbocycles. The van der Waals surface area contributed by atoms with E-state index in [0.29, 0.717) is 6.54 Å². The van der Waals surface area contributed by atoms with Crippen LogP contribution in [0.2, 0.25) is 0 Å². The largest absolute Gasteiger partial charge is 0.478 e. The molecular weight excluding hydrogens is 160 g/mol. The maximum atomic E-state index is 10.8. The first-order chi connectivity index (χ1) is 5.59. The molecule has 0 aromatic carbocycles. The van der Waals surface area contributed by atoms with E-state index in [1.165, 1.54) is 6.08 Å². The lowest BCUT2D eigenvalue weighted by atomic mass is 10.3. The minimum absolute atomic E-state index is 0.360. The van der Waals surface area contributed by atoms with Crippen molar-refractivity contribution in [1.82, 2.24) is 10.9 Å². The third-order valence-corrected chi connectivity index (χ3v) is 0.981. The second kappa shape index (κ2) is 5.09. The molecule has 3 N–H and O–H groups in total. The Balaban J connectivity index is 3.80. The van der Waals surface area contributed by atoms with Crippen molar-refractivity contribution in [2.75, 3.05) is 6.54 Å². The number of hydrogen-bond donors (Lipinski definition) is 3. The van der Waals surface area contributed by atoms with Gasteiger partial charge in [0.05, 0.1) is 0 Å². The summed E-state index contributed by atoms with van der Waals surface area (Å²) < 4.78 is 0.